The molecule has 110 valence electrons. The summed E-state index contributed by atoms with van der Waals surface area (Å²) in [6, 6.07) is 7.16. The number of hydrogen-bond donors (Lipinski definition) is 0. The van der Waals surface area contributed by atoms with E-state index in [1.807, 2.05) is 12.1 Å². The number of ether oxygens (including phenoxy) is 1. The van der Waals surface area contributed by atoms with Crippen molar-refractivity contribution in [1.82, 2.24) is 0 Å². The summed E-state index contributed by atoms with van der Waals surface area (Å²) in [4.78, 5) is 0. The van der Waals surface area contributed by atoms with Crippen LogP contribution in [0.2, 0.25) is 0 Å². The Morgan fingerprint density at radius 2 is 1.80 bits per heavy atom. The SMILES string of the molecule is CC(C)(C)S(=O)(=O)CCOc1ccc(C#CCCl)cc1. The van der Waals surface area contributed by atoms with Crippen molar-refractivity contribution in [2.24, 2.45) is 0 Å². The van der Waals surface area contributed by atoms with Crippen molar-refractivity contribution in [3.8, 4) is 17.6 Å². The van der Waals surface area contributed by atoms with Crippen molar-refractivity contribution in [1.29, 1.82) is 0 Å². The average Bonchev–Trinajstić information content (AvgIpc) is 2.36. The Bertz CT molecular complexity index is 587. The molecule has 5 heteroatoms. The molecule has 0 saturated heterocycles. The Hall–Kier alpha value is -1.18. The van der Waals surface area contributed by atoms with Crippen LogP contribution in [0.1, 0.15) is 26.3 Å². The van der Waals surface area contributed by atoms with Crippen molar-refractivity contribution in [3.05, 3.63) is 29.8 Å². The van der Waals surface area contributed by atoms with E-state index in [0.29, 0.717) is 11.6 Å². The summed E-state index contributed by atoms with van der Waals surface area (Å²) in [6.45, 7) is 5.21. The fourth-order valence-electron chi connectivity index (χ4n) is 1.35. The fraction of sp³-hybridized carbons (Fsp3) is 0.467. The maximum absolute atomic E-state index is 11.9. The van der Waals surface area contributed by atoms with Crippen molar-refractivity contribution in [3.63, 3.8) is 0 Å². The number of sulfone groups is 1. The van der Waals surface area contributed by atoms with Gasteiger partial charge in [-0.25, -0.2) is 8.42 Å². The van der Waals surface area contributed by atoms with Crippen LogP contribution >= 0.6 is 11.6 Å². The summed E-state index contributed by atoms with van der Waals surface area (Å²) in [5.41, 5.74) is 0.848. The summed E-state index contributed by atoms with van der Waals surface area (Å²) in [5.74, 6) is 6.58. The van der Waals surface area contributed by atoms with E-state index in [2.05, 4.69) is 11.8 Å². The summed E-state index contributed by atoms with van der Waals surface area (Å²) in [7, 11) is -3.15. The predicted molar refractivity (Wildman–Crippen MR) is 83.1 cm³/mol. The summed E-state index contributed by atoms with van der Waals surface area (Å²) in [6.07, 6.45) is 0. The van der Waals surface area contributed by atoms with E-state index in [1.165, 1.54) is 0 Å². The molecule has 0 fully saturated rings. The van der Waals surface area contributed by atoms with Gasteiger partial charge in [-0.15, -0.1) is 11.6 Å². The van der Waals surface area contributed by atoms with Crippen molar-refractivity contribution in [2.45, 2.75) is 25.5 Å². The lowest BCUT2D eigenvalue weighted by atomic mass is 10.2. The minimum atomic E-state index is -3.15. The zero-order valence-electron chi connectivity index (χ0n) is 11.9. The van der Waals surface area contributed by atoms with Gasteiger partial charge in [-0.2, -0.15) is 0 Å². The highest BCUT2D eigenvalue weighted by molar-refractivity contribution is 7.92. The molecule has 0 amide bonds. The fourth-order valence-corrected chi connectivity index (χ4v) is 2.33. The second-order valence-electron chi connectivity index (χ2n) is 5.24. The Morgan fingerprint density at radius 3 is 2.30 bits per heavy atom. The standard InChI is InChI=1S/C15H19ClO3S/c1-15(2,3)20(17,18)12-11-19-14-8-6-13(7-9-14)5-4-10-16/h6-9H,10-12H2,1-3H3. The molecular weight excluding hydrogens is 296 g/mol. The molecule has 0 radical (unpaired) electrons. The number of rotatable bonds is 4. The van der Waals surface area contributed by atoms with Crippen molar-refractivity contribution >= 4 is 21.4 Å². The first-order chi connectivity index (χ1) is 9.26. The minimum Gasteiger partial charge on any atom is -0.493 e. The third-order valence-corrected chi connectivity index (χ3v) is 5.41. The monoisotopic (exact) mass is 314 g/mol. The molecule has 3 nitrogen and oxygen atoms in total. The maximum Gasteiger partial charge on any atom is 0.158 e. The summed E-state index contributed by atoms with van der Waals surface area (Å²) >= 11 is 5.48. The Morgan fingerprint density at radius 1 is 1.20 bits per heavy atom. The van der Waals surface area contributed by atoms with Crippen molar-refractivity contribution < 1.29 is 13.2 Å². The minimum absolute atomic E-state index is 0.00427. The van der Waals surface area contributed by atoms with Gasteiger partial charge in [0.25, 0.3) is 0 Å². The van der Waals surface area contributed by atoms with Crippen LogP contribution in [0.5, 0.6) is 5.75 Å². The normalized spacial score (nSPS) is 11.6. The van der Waals surface area contributed by atoms with Crippen LogP contribution in [-0.4, -0.2) is 31.4 Å². The molecule has 1 rings (SSSR count). The third-order valence-electron chi connectivity index (χ3n) is 2.71. The van der Waals surface area contributed by atoms with Gasteiger partial charge in [0.15, 0.2) is 9.84 Å². The van der Waals surface area contributed by atoms with Crippen LogP contribution in [0, 0.1) is 11.8 Å². The van der Waals surface area contributed by atoms with Gasteiger partial charge in [-0.1, -0.05) is 11.8 Å². The molecule has 0 aliphatic rings. The van der Waals surface area contributed by atoms with Gasteiger partial charge in [0, 0.05) is 5.56 Å². The second-order valence-corrected chi connectivity index (χ2v) is 8.37. The highest BCUT2D eigenvalue weighted by atomic mass is 35.5. The largest absolute Gasteiger partial charge is 0.493 e. The number of benzene rings is 1. The van der Waals surface area contributed by atoms with Gasteiger partial charge in [0.05, 0.1) is 16.4 Å². The molecule has 0 bridgehead atoms. The van der Waals surface area contributed by atoms with Gasteiger partial charge >= 0.3 is 0 Å². The highest BCUT2D eigenvalue weighted by Gasteiger charge is 2.28. The van der Waals surface area contributed by atoms with Gasteiger partial charge in [-0.05, 0) is 45.0 Å². The zero-order valence-corrected chi connectivity index (χ0v) is 13.5. The molecule has 0 unspecified atom stereocenters. The first kappa shape index (κ1) is 16.9. The lowest BCUT2D eigenvalue weighted by molar-refractivity contribution is 0.339. The van der Waals surface area contributed by atoms with Crippen LogP contribution in [0.4, 0.5) is 0 Å². The van der Waals surface area contributed by atoms with Gasteiger partial charge in [0.2, 0.25) is 0 Å². The highest BCUT2D eigenvalue weighted by Crippen LogP contribution is 2.17. The first-order valence-electron chi connectivity index (χ1n) is 6.26. The molecule has 1 aromatic rings. The van der Waals surface area contributed by atoms with E-state index in [9.17, 15) is 8.42 Å². The molecule has 0 aromatic heterocycles. The van der Waals surface area contributed by atoms with E-state index in [4.69, 9.17) is 16.3 Å². The molecule has 0 spiro atoms. The molecule has 0 aliphatic carbocycles. The average molecular weight is 315 g/mol. The van der Waals surface area contributed by atoms with E-state index in [1.54, 1.807) is 32.9 Å². The van der Waals surface area contributed by atoms with E-state index >= 15 is 0 Å². The van der Waals surface area contributed by atoms with Gasteiger partial charge < -0.3 is 4.74 Å². The predicted octanol–water partition coefficient (Wildman–Crippen LogP) is 2.87. The molecule has 20 heavy (non-hydrogen) atoms. The molecule has 1 aromatic carbocycles. The Labute approximate surface area is 126 Å². The lowest BCUT2D eigenvalue weighted by Gasteiger charge is -2.19. The summed E-state index contributed by atoms with van der Waals surface area (Å²) in [5, 5.41) is 0. The third kappa shape index (κ3) is 5.07. The van der Waals surface area contributed by atoms with Crippen LogP contribution < -0.4 is 4.74 Å². The smallest absolute Gasteiger partial charge is 0.158 e. The lowest BCUT2D eigenvalue weighted by Crippen LogP contribution is -2.32. The number of hydrogen-bond acceptors (Lipinski definition) is 3. The maximum atomic E-state index is 11.9. The van der Waals surface area contributed by atoms with Crippen LogP contribution in [0.3, 0.4) is 0 Å². The zero-order chi connectivity index (χ0) is 15.2. The topological polar surface area (TPSA) is 43.4 Å². The van der Waals surface area contributed by atoms with Crippen LogP contribution in [0.15, 0.2) is 24.3 Å². The first-order valence-corrected chi connectivity index (χ1v) is 8.45. The molecular formula is C15H19ClO3S. The van der Waals surface area contributed by atoms with Crippen LogP contribution in [-0.2, 0) is 9.84 Å². The van der Waals surface area contributed by atoms with E-state index in [-0.39, 0.29) is 12.4 Å². The summed E-state index contributed by atoms with van der Waals surface area (Å²) < 4.78 is 28.5. The molecule has 0 saturated carbocycles. The van der Waals surface area contributed by atoms with E-state index in [0.717, 1.165) is 5.56 Å². The Kier molecular flexibility index (Phi) is 5.91. The number of alkyl halides is 1. The van der Waals surface area contributed by atoms with E-state index < -0.39 is 14.6 Å². The van der Waals surface area contributed by atoms with Crippen LogP contribution in [0.25, 0.3) is 0 Å². The Balaban J connectivity index is 2.55. The molecule has 0 N–H and O–H groups in total. The molecule has 0 atom stereocenters. The number of halogens is 1. The van der Waals surface area contributed by atoms with Gasteiger partial charge in [0.1, 0.15) is 12.4 Å². The quantitative estimate of drug-likeness (QED) is 0.634. The molecule has 0 heterocycles. The van der Waals surface area contributed by atoms with Gasteiger partial charge in [-0.3, -0.25) is 0 Å². The van der Waals surface area contributed by atoms with Crippen molar-refractivity contribution in [2.75, 3.05) is 18.2 Å². The second kappa shape index (κ2) is 7.01. The molecule has 0 aliphatic heterocycles.